The van der Waals surface area contributed by atoms with Crippen LogP contribution < -0.4 is 0 Å². The minimum Gasteiger partial charge on any atom is -0.392 e. The summed E-state index contributed by atoms with van der Waals surface area (Å²) in [6, 6.07) is 3.23. The number of aromatic nitrogens is 3. The van der Waals surface area contributed by atoms with Gasteiger partial charge < -0.3 is 15.2 Å². The molecule has 0 saturated heterocycles. The quantitative estimate of drug-likeness (QED) is 0.358. The van der Waals surface area contributed by atoms with Gasteiger partial charge in [0.25, 0.3) is 0 Å². The molecule has 2 rings (SSSR count). The first-order chi connectivity index (χ1) is 9.69. The second kappa shape index (κ2) is 6.17. The number of nitrogens with zero attached hydrogens (tertiary/aromatic N) is 4. The zero-order valence-electron chi connectivity index (χ0n) is 10.2. The van der Waals surface area contributed by atoms with E-state index in [2.05, 4.69) is 9.97 Å². The van der Waals surface area contributed by atoms with Gasteiger partial charge in [0, 0.05) is 18.0 Å². The molecule has 0 unspecified atom stereocenters. The minimum absolute atomic E-state index is 0.0131. The van der Waals surface area contributed by atoms with Crippen LogP contribution in [0.3, 0.4) is 0 Å². The molecule has 9 heteroatoms. The molecule has 0 radical (unpaired) electrons. The largest absolute Gasteiger partial charge is 0.392 e. The Morgan fingerprint density at radius 3 is 2.70 bits per heavy atom. The molecule has 0 bridgehead atoms. The molecule has 0 aliphatic carbocycles. The summed E-state index contributed by atoms with van der Waals surface area (Å²) in [4.78, 5) is 18.3. The summed E-state index contributed by atoms with van der Waals surface area (Å²) in [7, 11) is 0. The van der Waals surface area contributed by atoms with Gasteiger partial charge in [0.15, 0.2) is 0 Å². The van der Waals surface area contributed by atoms with Crippen LogP contribution in [-0.4, -0.2) is 40.2 Å². The number of imidazole rings is 1. The Balaban J connectivity index is 2.57. The van der Waals surface area contributed by atoms with Crippen molar-refractivity contribution in [1.29, 1.82) is 0 Å². The molecule has 20 heavy (non-hydrogen) atoms. The van der Waals surface area contributed by atoms with Crippen LogP contribution in [0, 0.1) is 10.1 Å². The van der Waals surface area contributed by atoms with E-state index in [0.717, 1.165) is 6.20 Å². The highest BCUT2D eigenvalue weighted by atomic mass is 32.1. The Morgan fingerprint density at radius 2 is 2.15 bits per heavy atom. The fourth-order valence-electron chi connectivity index (χ4n) is 1.73. The van der Waals surface area contributed by atoms with Crippen molar-refractivity contribution in [2.24, 2.45) is 0 Å². The normalized spacial score (nSPS) is 10.2. The van der Waals surface area contributed by atoms with Gasteiger partial charge >= 0.3 is 5.82 Å². The van der Waals surface area contributed by atoms with Crippen molar-refractivity contribution in [2.45, 2.75) is 6.54 Å². The van der Waals surface area contributed by atoms with Crippen LogP contribution in [0.4, 0.5) is 5.82 Å². The standard InChI is InChI=1S/C11H10N4O4S/c16-6-5-14-9(15(17)18)7-13-11(14)10(20-19)8-1-3-12-4-2-8/h1-4,7,16H,5-6H2. The number of aliphatic hydroxyl groups excluding tert-OH is 1. The van der Waals surface area contributed by atoms with Gasteiger partial charge in [-0.15, -0.1) is 0 Å². The smallest absolute Gasteiger partial charge is 0.343 e. The fraction of sp³-hybridized carbons (Fsp3) is 0.182. The summed E-state index contributed by atoms with van der Waals surface area (Å²) in [5, 5.41) is 19.9. The summed E-state index contributed by atoms with van der Waals surface area (Å²) in [5.74, 6) is -0.105. The number of hydrogen-bond acceptors (Lipinski definition) is 6. The van der Waals surface area contributed by atoms with Crippen LogP contribution in [0.15, 0.2) is 30.7 Å². The summed E-state index contributed by atoms with van der Waals surface area (Å²) < 4.78 is 12.5. The van der Waals surface area contributed by atoms with Crippen LogP contribution in [0.2, 0.25) is 0 Å². The zero-order chi connectivity index (χ0) is 14.5. The summed E-state index contributed by atoms with van der Waals surface area (Å²) in [6.45, 7) is -0.307. The van der Waals surface area contributed by atoms with Crippen LogP contribution >= 0.6 is 0 Å². The Bertz CT molecular complexity index is 679. The lowest BCUT2D eigenvalue weighted by Crippen LogP contribution is -2.16. The first-order valence-corrected chi connectivity index (χ1v) is 6.31. The Morgan fingerprint density at radius 1 is 1.45 bits per heavy atom. The van der Waals surface area contributed by atoms with E-state index in [1.165, 1.54) is 17.0 Å². The number of aliphatic hydroxyl groups is 1. The molecule has 0 spiro atoms. The van der Waals surface area contributed by atoms with Crippen molar-refractivity contribution in [3.8, 4) is 0 Å². The fourth-order valence-corrected chi connectivity index (χ4v) is 2.20. The van der Waals surface area contributed by atoms with Gasteiger partial charge in [0.1, 0.15) is 28.9 Å². The molecule has 0 aromatic carbocycles. The van der Waals surface area contributed by atoms with Crippen molar-refractivity contribution >= 4 is 21.9 Å². The summed E-state index contributed by atoms with van der Waals surface area (Å²) in [5.41, 5.74) is 0.569. The maximum Gasteiger partial charge on any atom is 0.343 e. The predicted octanol–water partition coefficient (Wildman–Crippen LogP) is -0.0396. The third-order valence-electron chi connectivity index (χ3n) is 2.57. The van der Waals surface area contributed by atoms with Gasteiger partial charge in [-0.05, 0) is 17.1 Å². The number of pyridine rings is 1. The molecule has 0 aliphatic rings. The highest BCUT2D eigenvalue weighted by molar-refractivity contribution is 7.67. The van der Waals surface area contributed by atoms with Crippen molar-refractivity contribution < 1.29 is 14.2 Å². The second-order valence-corrected chi connectivity index (χ2v) is 4.30. The monoisotopic (exact) mass is 294 g/mol. The summed E-state index contributed by atoms with van der Waals surface area (Å²) in [6.07, 6.45) is 4.10. The topological polar surface area (TPSA) is 111 Å². The van der Waals surface area contributed by atoms with Crippen LogP contribution in [0.1, 0.15) is 11.4 Å². The number of rotatable bonds is 5. The molecule has 2 aromatic rings. The van der Waals surface area contributed by atoms with Crippen molar-refractivity contribution in [3.05, 3.63) is 52.2 Å². The van der Waals surface area contributed by atoms with Crippen LogP contribution in [0.25, 0.3) is 0 Å². The first-order valence-electron chi connectivity index (χ1n) is 5.57. The maximum absolute atomic E-state index is 11.3. The second-order valence-electron chi connectivity index (χ2n) is 3.72. The highest BCUT2D eigenvalue weighted by Crippen LogP contribution is 2.16. The molecule has 0 aliphatic heterocycles. The SMILES string of the molecule is O=S=C(c1ccncc1)c1ncc([N+](=O)[O-])n1CCO. The van der Waals surface area contributed by atoms with E-state index in [1.54, 1.807) is 12.1 Å². The lowest BCUT2D eigenvalue weighted by molar-refractivity contribution is -0.392. The highest BCUT2D eigenvalue weighted by Gasteiger charge is 2.24. The van der Waals surface area contributed by atoms with Gasteiger partial charge in [-0.2, -0.15) is 0 Å². The maximum atomic E-state index is 11.3. The van der Waals surface area contributed by atoms with Crippen molar-refractivity contribution in [2.75, 3.05) is 6.61 Å². The molecule has 0 atom stereocenters. The van der Waals surface area contributed by atoms with Crippen LogP contribution in [-0.2, 0) is 17.8 Å². The molecule has 2 heterocycles. The van der Waals surface area contributed by atoms with Gasteiger partial charge in [-0.3, -0.25) is 4.98 Å². The molecular weight excluding hydrogens is 284 g/mol. The van der Waals surface area contributed by atoms with E-state index in [4.69, 9.17) is 5.11 Å². The number of nitro groups is 1. The molecular formula is C11H10N4O4S. The molecule has 2 aromatic heterocycles. The van der Waals surface area contributed by atoms with Gasteiger partial charge in [-0.1, -0.05) is 0 Å². The van der Waals surface area contributed by atoms with Gasteiger partial charge in [-0.25, -0.2) is 13.8 Å². The van der Waals surface area contributed by atoms with E-state index in [-0.39, 0.29) is 40.9 Å². The van der Waals surface area contributed by atoms with Crippen LogP contribution in [0.5, 0.6) is 0 Å². The lowest BCUT2D eigenvalue weighted by Gasteiger charge is -2.04. The van der Waals surface area contributed by atoms with Gasteiger partial charge in [0.05, 0.1) is 6.61 Å². The molecule has 8 nitrogen and oxygen atoms in total. The minimum atomic E-state index is -0.605. The van der Waals surface area contributed by atoms with Crippen molar-refractivity contribution in [1.82, 2.24) is 14.5 Å². The van der Waals surface area contributed by atoms with Crippen molar-refractivity contribution in [3.63, 3.8) is 0 Å². The molecule has 0 amide bonds. The van der Waals surface area contributed by atoms with E-state index in [9.17, 15) is 14.3 Å². The Kier molecular flexibility index (Phi) is 4.33. The predicted molar refractivity (Wildman–Crippen MR) is 71.6 cm³/mol. The Hall–Kier alpha value is -2.39. The molecule has 0 saturated carbocycles. The molecule has 104 valence electrons. The lowest BCUT2D eigenvalue weighted by atomic mass is 10.2. The van der Waals surface area contributed by atoms with E-state index >= 15 is 0 Å². The third kappa shape index (κ3) is 2.63. The van der Waals surface area contributed by atoms with E-state index < -0.39 is 4.92 Å². The molecule has 1 N–H and O–H groups in total. The Labute approximate surface area is 116 Å². The average Bonchev–Trinajstić information content (AvgIpc) is 2.85. The first kappa shape index (κ1) is 14.0. The third-order valence-corrected chi connectivity index (χ3v) is 3.16. The van der Waals surface area contributed by atoms with E-state index in [0.29, 0.717) is 5.56 Å². The van der Waals surface area contributed by atoms with Gasteiger partial charge in [0.2, 0.25) is 5.82 Å². The summed E-state index contributed by atoms with van der Waals surface area (Å²) >= 11 is 0.193. The van der Waals surface area contributed by atoms with E-state index in [1.807, 2.05) is 0 Å². The zero-order valence-corrected chi connectivity index (χ0v) is 11.0. The average molecular weight is 294 g/mol. The molecule has 0 fully saturated rings. The number of hydrogen-bond donors (Lipinski definition) is 1.